The number of thiazole rings is 1. The predicted molar refractivity (Wildman–Crippen MR) is 140 cm³/mol. The second-order valence-electron chi connectivity index (χ2n) is 8.88. The zero-order chi connectivity index (χ0) is 24.9. The van der Waals surface area contributed by atoms with Gasteiger partial charge in [-0.2, -0.15) is 0 Å². The molecule has 0 amide bonds. The normalized spacial score (nSPS) is 13.1. The number of carboxylic acid groups (broad SMARTS) is 1. The van der Waals surface area contributed by atoms with Gasteiger partial charge in [0.15, 0.2) is 0 Å². The maximum absolute atomic E-state index is 11.4. The van der Waals surface area contributed by atoms with Crippen LogP contribution in [0.3, 0.4) is 0 Å². The van der Waals surface area contributed by atoms with E-state index in [0.29, 0.717) is 24.0 Å². The molecule has 1 heterocycles. The highest BCUT2D eigenvalue weighted by Gasteiger charge is 2.25. The summed E-state index contributed by atoms with van der Waals surface area (Å²) in [6, 6.07) is 26.8. The van der Waals surface area contributed by atoms with Crippen LogP contribution in [0.2, 0.25) is 0 Å². The standard InChI is InChI=1S/C30H29NO4S/c1-2-25(29(32)33)35-26-15-9-14-24-23(26)16-17-27-28(24)31-30(36-27)34-19-18-22(20-10-5-3-6-11-20)21-12-7-4-8-13-21/h3-15,22,25H,2,16-19H2,1H3,(H,32,33)/p-1. The van der Waals surface area contributed by atoms with E-state index in [0.717, 1.165) is 36.1 Å². The summed E-state index contributed by atoms with van der Waals surface area (Å²) in [5.41, 5.74) is 5.43. The lowest BCUT2D eigenvalue weighted by molar-refractivity contribution is -0.313. The number of hydrogen-bond donors (Lipinski definition) is 0. The maximum Gasteiger partial charge on any atom is 0.273 e. The van der Waals surface area contributed by atoms with Crippen LogP contribution in [0.15, 0.2) is 78.9 Å². The van der Waals surface area contributed by atoms with Crippen LogP contribution in [-0.4, -0.2) is 23.7 Å². The average molecular weight is 499 g/mol. The third kappa shape index (κ3) is 5.14. The summed E-state index contributed by atoms with van der Waals surface area (Å²) in [5.74, 6) is -0.351. The number of benzene rings is 3. The summed E-state index contributed by atoms with van der Waals surface area (Å²) in [5, 5.41) is 12.0. The van der Waals surface area contributed by atoms with Crippen LogP contribution in [0.5, 0.6) is 10.9 Å². The van der Waals surface area contributed by atoms with Crippen molar-refractivity contribution in [2.75, 3.05) is 6.61 Å². The fourth-order valence-electron chi connectivity index (χ4n) is 4.78. The van der Waals surface area contributed by atoms with Crippen molar-refractivity contribution in [3.05, 3.63) is 100 Å². The van der Waals surface area contributed by atoms with Gasteiger partial charge < -0.3 is 19.4 Å². The Morgan fingerprint density at radius 3 is 2.31 bits per heavy atom. The number of aromatic nitrogens is 1. The molecule has 1 aliphatic rings. The first-order valence-electron chi connectivity index (χ1n) is 12.4. The summed E-state index contributed by atoms with van der Waals surface area (Å²) < 4.78 is 12.0. The van der Waals surface area contributed by atoms with Crippen molar-refractivity contribution in [3.8, 4) is 22.2 Å². The molecule has 4 aromatic rings. The first-order chi connectivity index (χ1) is 17.6. The molecule has 5 nitrogen and oxygen atoms in total. The zero-order valence-corrected chi connectivity index (χ0v) is 21.0. The molecule has 0 radical (unpaired) electrons. The molecule has 0 spiro atoms. The molecule has 184 valence electrons. The van der Waals surface area contributed by atoms with Gasteiger partial charge in [-0.05, 0) is 42.9 Å². The van der Waals surface area contributed by atoms with Crippen molar-refractivity contribution >= 4 is 17.3 Å². The van der Waals surface area contributed by atoms with Crippen LogP contribution >= 0.6 is 11.3 Å². The Morgan fingerprint density at radius 2 is 1.67 bits per heavy atom. The summed E-state index contributed by atoms with van der Waals surface area (Å²) in [6.07, 6.45) is 1.82. The number of carbonyl (C=O) groups excluding carboxylic acids is 1. The quantitative estimate of drug-likeness (QED) is 0.292. The molecule has 1 aromatic heterocycles. The van der Waals surface area contributed by atoms with Gasteiger partial charge in [0.1, 0.15) is 11.9 Å². The van der Waals surface area contributed by atoms with Crippen molar-refractivity contribution in [2.45, 2.75) is 44.6 Å². The van der Waals surface area contributed by atoms with Crippen molar-refractivity contribution in [1.29, 1.82) is 0 Å². The monoisotopic (exact) mass is 498 g/mol. The average Bonchev–Trinajstić information content (AvgIpc) is 3.34. The molecule has 1 atom stereocenters. The molecular weight excluding hydrogens is 470 g/mol. The Hall–Kier alpha value is -3.64. The Morgan fingerprint density at radius 1 is 0.972 bits per heavy atom. The number of carboxylic acids is 1. The van der Waals surface area contributed by atoms with E-state index >= 15 is 0 Å². The van der Waals surface area contributed by atoms with E-state index < -0.39 is 12.1 Å². The van der Waals surface area contributed by atoms with Gasteiger partial charge in [0.25, 0.3) is 5.19 Å². The van der Waals surface area contributed by atoms with Gasteiger partial charge in [-0.3, -0.25) is 0 Å². The number of ether oxygens (including phenoxy) is 2. The highest BCUT2D eigenvalue weighted by molar-refractivity contribution is 7.13. The van der Waals surface area contributed by atoms with Gasteiger partial charge in [0, 0.05) is 21.9 Å². The molecule has 0 fully saturated rings. The van der Waals surface area contributed by atoms with Crippen molar-refractivity contribution in [3.63, 3.8) is 0 Å². The van der Waals surface area contributed by atoms with E-state index in [-0.39, 0.29) is 5.92 Å². The molecule has 3 aromatic carbocycles. The molecule has 0 bridgehead atoms. The Balaban J connectivity index is 1.32. The van der Waals surface area contributed by atoms with Gasteiger partial charge >= 0.3 is 0 Å². The van der Waals surface area contributed by atoms with Crippen LogP contribution in [0.4, 0.5) is 0 Å². The molecule has 0 saturated carbocycles. The second-order valence-corrected chi connectivity index (χ2v) is 9.92. The molecule has 0 saturated heterocycles. The third-order valence-corrected chi connectivity index (χ3v) is 7.63. The van der Waals surface area contributed by atoms with Gasteiger partial charge in [-0.15, -0.1) is 0 Å². The smallest absolute Gasteiger partial charge is 0.273 e. The van der Waals surface area contributed by atoms with Crippen LogP contribution in [0.1, 0.15) is 47.3 Å². The van der Waals surface area contributed by atoms with Crippen molar-refractivity contribution in [1.82, 2.24) is 4.98 Å². The second kappa shape index (κ2) is 11.0. The molecule has 0 aliphatic heterocycles. The Labute approximate surface area is 215 Å². The van der Waals surface area contributed by atoms with Gasteiger partial charge in [-0.1, -0.05) is 91.1 Å². The first-order valence-corrected chi connectivity index (χ1v) is 13.2. The van der Waals surface area contributed by atoms with Crippen LogP contribution in [0.25, 0.3) is 11.3 Å². The summed E-state index contributed by atoms with van der Waals surface area (Å²) in [7, 11) is 0. The van der Waals surface area contributed by atoms with E-state index in [1.807, 2.05) is 30.3 Å². The molecule has 1 unspecified atom stereocenters. The van der Waals surface area contributed by atoms with Crippen LogP contribution in [-0.2, 0) is 17.6 Å². The van der Waals surface area contributed by atoms with Gasteiger partial charge in [-0.25, -0.2) is 4.98 Å². The third-order valence-electron chi connectivity index (χ3n) is 6.61. The number of hydrogen-bond acceptors (Lipinski definition) is 6. The van der Waals surface area contributed by atoms with Gasteiger partial charge in [0.05, 0.1) is 18.3 Å². The number of aryl methyl sites for hydroxylation is 1. The summed E-state index contributed by atoms with van der Waals surface area (Å²) >= 11 is 1.59. The van der Waals surface area contributed by atoms with Crippen molar-refractivity contribution < 1.29 is 19.4 Å². The largest absolute Gasteiger partial charge is 0.546 e. The topological polar surface area (TPSA) is 71.5 Å². The minimum Gasteiger partial charge on any atom is -0.546 e. The Bertz CT molecular complexity index is 1280. The fraction of sp³-hybridized carbons (Fsp3) is 0.267. The molecule has 1 aliphatic carbocycles. The fourth-order valence-corrected chi connectivity index (χ4v) is 5.72. The molecular formula is C30H28NO4S-. The van der Waals surface area contributed by atoms with Crippen molar-refractivity contribution in [2.24, 2.45) is 0 Å². The molecule has 6 heteroatoms. The lowest BCUT2D eigenvalue weighted by Gasteiger charge is -2.23. The summed E-state index contributed by atoms with van der Waals surface area (Å²) in [4.78, 5) is 17.4. The number of aliphatic carboxylic acids is 1. The van der Waals surface area contributed by atoms with Crippen LogP contribution in [0, 0.1) is 0 Å². The number of carbonyl (C=O) groups is 1. The minimum atomic E-state index is -1.19. The van der Waals surface area contributed by atoms with E-state index in [1.54, 1.807) is 18.3 Å². The van der Waals surface area contributed by atoms with E-state index in [1.165, 1.54) is 16.0 Å². The number of fused-ring (bicyclic) bond motifs is 3. The van der Waals surface area contributed by atoms with E-state index in [9.17, 15) is 9.90 Å². The zero-order valence-electron chi connectivity index (χ0n) is 20.2. The number of nitrogens with zero attached hydrogens (tertiary/aromatic N) is 1. The summed E-state index contributed by atoms with van der Waals surface area (Å²) in [6.45, 7) is 2.33. The maximum atomic E-state index is 11.4. The lowest BCUT2D eigenvalue weighted by Crippen LogP contribution is -2.39. The van der Waals surface area contributed by atoms with Gasteiger partial charge in [0.2, 0.25) is 0 Å². The van der Waals surface area contributed by atoms with E-state index in [4.69, 9.17) is 14.5 Å². The molecule has 0 N–H and O–H groups in total. The van der Waals surface area contributed by atoms with E-state index in [2.05, 4.69) is 48.5 Å². The lowest BCUT2D eigenvalue weighted by atomic mass is 9.89. The highest BCUT2D eigenvalue weighted by Crippen LogP contribution is 2.42. The predicted octanol–water partition coefficient (Wildman–Crippen LogP) is 5.42. The van der Waals surface area contributed by atoms with Crippen LogP contribution < -0.4 is 14.6 Å². The SMILES string of the molecule is CCC(Oc1cccc2c1CCc1sc(OCCC(c3ccccc3)c3ccccc3)nc1-2)C(=O)[O-]. The first kappa shape index (κ1) is 24.1. The Kier molecular flexibility index (Phi) is 7.33. The highest BCUT2D eigenvalue weighted by atomic mass is 32.1. The number of rotatable bonds is 10. The minimum absolute atomic E-state index is 0.248. The molecule has 5 rings (SSSR count). The molecule has 36 heavy (non-hydrogen) atoms.